The van der Waals surface area contributed by atoms with Gasteiger partial charge in [-0.2, -0.15) is 0 Å². The highest BCUT2D eigenvalue weighted by Crippen LogP contribution is 2.21. The molecule has 4 nitrogen and oxygen atoms in total. The summed E-state index contributed by atoms with van der Waals surface area (Å²) in [7, 11) is 0. The Morgan fingerprint density at radius 2 is 2.28 bits per heavy atom. The van der Waals surface area contributed by atoms with Gasteiger partial charge in [0.15, 0.2) is 5.82 Å². The van der Waals surface area contributed by atoms with E-state index in [0.29, 0.717) is 18.2 Å². The SMILES string of the molecule is CCn1ccnc(N2CCCCCC2CCl)c1=O. The topological polar surface area (TPSA) is 38.1 Å². The lowest BCUT2D eigenvalue weighted by molar-refractivity contribution is 0.605. The Morgan fingerprint density at radius 3 is 3.00 bits per heavy atom. The van der Waals surface area contributed by atoms with Crippen LogP contribution in [0, 0.1) is 0 Å². The van der Waals surface area contributed by atoms with E-state index >= 15 is 0 Å². The Balaban J connectivity index is 2.35. The molecular weight excluding hydrogens is 250 g/mol. The lowest BCUT2D eigenvalue weighted by Crippen LogP contribution is -2.41. The van der Waals surface area contributed by atoms with Crippen LogP contribution in [-0.4, -0.2) is 28.0 Å². The summed E-state index contributed by atoms with van der Waals surface area (Å²) in [5.74, 6) is 1.12. The van der Waals surface area contributed by atoms with Crippen molar-refractivity contribution in [3.05, 3.63) is 22.7 Å². The average Bonchev–Trinajstić information content (AvgIpc) is 2.64. The first-order valence-corrected chi connectivity index (χ1v) is 7.19. The zero-order valence-electron chi connectivity index (χ0n) is 10.8. The van der Waals surface area contributed by atoms with Gasteiger partial charge in [0.1, 0.15) is 0 Å². The summed E-state index contributed by atoms with van der Waals surface area (Å²) in [6.45, 7) is 3.52. The molecule has 2 rings (SSSR count). The lowest BCUT2D eigenvalue weighted by Gasteiger charge is -2.29. The second-order valence-electron chi connectivity index (χ2n) is 4.69. The fourth-order valence-corrected chi connectivity index (χ4v) is 2.82. The standard InChI is InChI=1S/C13H20ClN3O/c1-2-16-9-7-15-12(13(16)18)17-8-5-3-4-6-11(17)10-14/h7,9,11H,2-6,8,10H2,1H3. The zero-order valence-corrected chi connectivity index (χ0v) is 11.6. The maximum absolute atomic E-state index is 12.3. The molecule has 1 saturated heterocycles. The first-order valence-electron chi connectivity index (χ1n) is 6.66. The molecular formula is C13H20ClN3O. The van der Waals surface area contributed by atoms with Crippen LogP contribution < -0.4 is 10.5 Å². The van der Waals surface area contributed by atoms with Gasteiger partial charge in [-0.3, -0.25) is 4.79 Å². The number of hydrogen-bond donors (Lipinski definition) is 0. The summed E-state index contributed by atoms with van der Waals surface area (Å²) in [6.07, 6.45) is 7.98. The molecule has 1 aromatic rings. The van der Waals surface area contributed by atoms with Gasteiger partial charge in [-0.1, -0.05) is 12.8 Å². The Kier molecular flexibility index (Phi) is 4.64. The van der Waals surface area contributed by atoms with E-state index in [0.717, 1.165) is 19.4 Å². The maximum Gasteiger partial charge on any atom is 0.293 e. The third-order valence-corrected chi connectivity index (χ3v) is 3.92. The van der Waals surface area contributed by atoms with E-state index in [4.69, 9.17) is 11.6 Å². The van der Waals surface area contributed by atoms with Crippen molar-refractivity contribution in [1.82, 2.24) is 9.55 Å². The molecule has 0 aliphatic carbocycles. The summed E-state index contributed by atoms with van der Waals surface area (Å²) in [6, 6.07) is 0.238. The minimum Gasteiger partial charge on any atom is -0.348 e. The van der Waals surface area contributed by atoms with E-state index in [1.807, 2.05) is 6.92 Å². The highest BCUT2D eigenvalue weighted by atomic mass is 35.5. The van der Waals surface area contributed by atoms with E-state index in [1.54, 1.807) is 17.0 Å². The van der Waals surface area contributed by atoms with Crippen molar-refractivity contribution in [3.8, 4) is 0 Å². The van der Waals surface area contributed by atoms with Crippen molar-refractivity contribution in [2.45, 2.75) is 45.2 Å². The van der Waals surface area contributed by atoms with Crippen LogP contribution in [0.15, 0.2) is 17.2 Å². The molecule has 0 saturated carbocycles. The van der Waals surface area contributed by atoms with Crippen molar-refractivity contribution in [1.29, 1.82) is 0 Å². The summed E-state index contributed by atoms with van der Waals surface area (Å²) in [5.41, 5.74) is -0.00276. The van der Waals surface area contributed by atoms with Gasteiger partial charge in [0.2, 0.25) is 0 Å². The molecule has 1 aromatic heterocycles. The quantitative estimate of drug-likeness (QED) is 0.790. The second-order valence-corrected chi connectivity index (χ2v) is 5.00. The lowest BCUT2D eigenvalue weighted by atomic mass is 10.1. The van der Waals surface area contributed by atoms with Gasteiger partial charge in [-0.15, -0.1) is 11.6 Å². The minimum absolute atomic E-state index is 0.00276. The molecule has 0 radical (unpaired) electrons. The number of rotatable bonds is 3. The fourth-order valence-electron chi connectivity index (χ4n) is 2.50. The van der Waals surface area contributed by atoms with Gasteiger partial charge in [-0.25, -0.2) is 4.98 Å². The van der Waals surface area contributed by atoms with Gasteiger partial charge in [-0.05, 0) is 19.8 Å². The summed E-state index contributed by atoms with van der Waals surface area (Å²) >= 11 is 6.05. The third kappa shape index (κ3) is 2.69. The van der Waals surface area contributed by atoms with Crippen LogP contribution in [0.5, 0.6) is 0 Å². The third-order valence-electron chi connectivity index (χ3n) is 3.56. The van der Waals surface area contributed by atoms with E-state index in [2.05, 4.69) is 9.88 Å². The predicted octanol–water partition coefficient (Wildman–Crippen LogP) is 2.25. The average molecular weight is 270 g/mol. The van der Waals surface area contributed by atoms with Crippen molar-refractivity contribution < 1.29 is 0 Å². The number of aromatic nitrogens is 2. The normalized spacial score (nSPS) is 20.8. The molecule has 1 aliphatic rings. The first kappa shape index (κ1) is 13.4. The Morgan fingerprint density at radius 1 is 1.44 bits per heavy atom. The Labute approximate surface area is 113 Å². The van der Waals surface area contributed by atoms with Crippen LogP contribution in [0.4, 0.5) is 5.82 Å². The van der Waals surface area contributed by atoms with Gasteiger partial charge >= 0.3 is 0 Å². The molecule has 0 amide bonds. The van der Waals surface area contributed by atoms with Crippen LogP contribution >= 0.6 is 11.6 Å². The fraction of sp³-hybridized carbons (Fsp3) is 0.692. The molecule has 2 heterocycles. The van der Waals surface area contributed by atoms with Crippen LogP contribution in [0.1, 0.15) is 32.6 Å². The molecule has 0 bridgehead atoms. The molecule has 100 valence electrons. The van der Waals surface area contributed by atoms with Crippen molar-refractivity contribution >= 4 is 17.4 Å². The molecule has 1 fully saturated rings. The molecule has 0 spiro atoms. The number of anilines is 1. The number of hydrogen-bond acceptors (Lipinski definition) is 3. The zero-order chi connectivity index (χ0) is 13.0. The molecule has 1 atom stereocenters. The van der Waals surface area contributed by atoms with E-state index in [9.17, 15) is 4.79 Å². The monoisotopic (exact) mass is 269 g/mol. The van der Waals surface area contributed by atoms with Crippen molar-refractivity contribution in [3.63, 3.8) is 0 Å². The number of alkyl halides is 1. The number of nitrogens with zero attached hydrogens (tertiary/aromatic N) is 3. The van der Waals surface area contributed by atoms with Gasteiger partial charge < -0.3 is 9.47 Å². The van der Waals surface area contributed by atoms with Crippen molar-refractivity contribution in [2.24, 2.45) is 0 Å². The maximum atomic E-state index is 12.3. The largest absolute Gasteiger partial charge is 0.348 e. The van der Waals surface area contributed by atoms with Crippen LogP contribution in [-0.2, 0) is 6.54 Å². The van der Waals surface area contributed by atoms with Gasteiger partial charge in [0.05, 0.1) is 0 Å². The van der Waals surface area contributed by atoms with Gasteiger partial charge in [0, 0.05) is 37.4 Å². The van der Waals surface area contributed by atoms with E-state index < -0.39 is 0 Å². The molecule has 5 heteroatoms. The Hall–Kier alpha value is -1.03. The summed E-state index contributed by atoms with van der Waals surface area (Å²) in [4.78, 5) is 18.7. The van der Waals surface area contributed by atoms with E-state index in [-0.39, 0.29) is 11.6 Å². The minimum atomic E-state index is -0.00276. The van der Waals surface area contributed by atoms with Gasteiger partial charge in [0.25, 0.3) is 5.56 Å². The van der Waals surface area contributed by atoms with Crippen LogP contribution in [0.3, 0.4) is 0 Å². The molecule has 0 N–H and O–H groups in total. The first-order chi connectivity index (χ1) is 8.77. The number of aryl methyl sites for hydroxylation is 1. The molecule has 18 heavy (non-hydrogen) atoms. The smallest absolute Gasteiger partial charge is 0.293 e. The van der Waals surface area contributed by atoms with Crippen molar-refractivity contribution in [2.75, 3.05) is 17.3 Å². The predicted molar refractivity (Wildman–Crippen MR) is 74.5 cm³/mol. The molecule has 1 aliphatic heterocycles. The highest BCUT2D eigenvalue weighted by Gasteiger charge is 2.23. The summed E-state index contributed by atoms with van der Waals surface area (Å²) in [5, 5.41) is 0. The summed E-state index contributed by atoms with van der Waals surface area (Å²) < 4.78 is 1.69. The second kappa shape index (κ2) is 6.23. The molecule has 0 aromatic carbocycles. The number of halogens is 1. The highest BCUT2D eigenvalue weighted by molar-refractivity contribution is 6.18. The van der Waals surface area contributed by atoms with E-state index in [1.165, 1.54) is 12.8 Å². The molecule has 1 unspecified atom stereocenters. The Bertz CT molecular complexity index is 446. The van der Waals surface area contributed by atoms with Crippen LogP contribution in [0.2, 0.25) is 0 Å². The van der Waals surface area contributed by atoms with Crippen LogP contribution in [0.25, 0.3) is 0 Å².